The smallest absolute Gasteiger partial charge is 0.224 e. The first kappa shape index (κ1) is 12.3. The maximum atomic E-state index is 8.58. The van der Waals surface area contributed by atoms with Crippen molar-refractivity contribution in [1.82, 2.24) is 4.98 Å². The van der Waals surface area contributed by atoms with Gasteiger partial charge in [-0.05, 0) is 12.1 Å². The van der Waals surface area contributed by atoms with E-state index in [0.29, 0.717) is 24.7 Å². The van der Waals surface area contributed by atoms with Crippen molar-refractivity contribution in [3.8, 4) is 5.88 Å². The van der Waals surface area contributed by atoms with Crippen molar-refractivity contribution < 1.29 is 14.7 Å². The van der Waals surface area contributed by atoms with Crippen LogP contribution >= 0.6 is 0 Å². The summed E-state index contributed by atoms with van der Waals surface area (Å²) in [6, 6.07) is 3.36. The number of aromatic nitrogens is 1. The van der Waals surface area contributed by atoms with Crippen molar-refractivity contribution >= 4 is 5.84 Å². The molecule has 0 spiro atoms. The SMILES string of the molecule is COCCCOc1ncccc1/C(N)=N/O. The van der Waals surface area contributed by atoms with Crippen LogP contribution in [0.5, 0.6) is 5.88 Å². The van der Waals surface area contributed by atoms with Gasteiger partial charge in [0, 0.05) is 26.3 Å². The lowest BCUT2D eigenvalue weighted by atomic mass is 10.2. The number of methoxy groups -OCH3 is 1. The van der Waals surface area contributed by atoms with Gasteiger partial charge in [-0.25, -0.2) is 4.98 Å². The highest BCUT2D eigenvalue weighted by Gasteiger charge is 2.08. The summed E-state index contributed by atoms with van der Waals surface area (Å²) in [5, 5.41) is 11.5. The fourth-order valence-corrected chi connectivity index (χ4v) is 1.13. The Kier molecular flexibility index (Phi) is 5.07. The van der Waals surface area contributed by atoms with Gasteiger partial charge in [-0.3, -0.25) is 0 Å². The minimum absolute atomic E-state index is 0.0187. The average Bonchev–Trinajstić information content (AvgIpc) is 2.34. The number of nitrogens with two attached hydrogens (primary N) is 1. The number of hydrogen-bond donors (Lipinski definition) is 2. The van der Waals surface area contributed by atoms with E-state index in [1.807, 2.05) is 0 Å². The highest BCUT2D eigenvalue weighted by atomic mass is 16.5. The Morgan fingerprint density at radius 3 is 3.06 bits per heavy atom. The molecule has 6 nitrogen and oxygen atoms in total. The predicted molar refractivity (Wildman–Crippen MR) is 58.7 cm³/mol. The van der Waals surface area contributed by atoms with Gasteiger partial charge in [-0.15, -0.1) is 0 Å². The third-order valence-corrected chi connectivity index (χ3v) is 1.89. The number of nitrogens with zero attached hydrogens (tertiary/aromatic N) is 2. The molecule has 1 aromatic heterocycles. The molecule has 0 aliphatic heterocycles. The van der Waals surface area contributed by atoms with Gasteiger partial charge in [0.2, 0.25) is 5.88 Å². The molecule has 0 radical (unpaired) electrons. The average molecular weight is 225 g/mol. The van der Waals surface area contributed by atoms with Gasteiger partial charge in [-0.2, -0.15) is 0 Å². The number of rotatable bonds is 6. The van der Waals surface area contributed by atoms with Crippen LogP contribution in [-0.4, -0.2) is 36.4 Å². The Morgan fingerprint density at radius 1 is 1.56 bits per heavy atom. The molecule has 88 valence electrons. The first-order valence-corrected chi connectivity index (χ1v) is 4.84. The second-order valence-corrected chi connectivity index (χ2v) is 3.04. The van der Waals surface area contributed by atoms with Crippen molar-refractivity contribution in [2.24, 2.45) is 10.9 Å². The van der Waals surface area contributed by atoms with Crippen LogP contribution in [0.4, 0.5) is 0 Å². The maximum Gasteiger partial charge on any atom is 0.224 e. The van der Waals surface area contributed by atoms with Gasteiger partial charge in [0.25, 0.3) is 0 Å². The lowest BCUT2D eigenvalue weighted by molar-refractivity contribution is 0.170. The molecule has 0 aliphatic carbocycles. The Balaban J connectivity index is 2.64. The van der Waals surface area contributed by atoms with E-state index < -0.39 is 0 Å². The summed E-state index contributed by atoms with van der Waals surface area (Å²) >= 11 is 0. The lowest BCUT2D eigenvalue weighted by Gasteiger charge is -2.08. The topological polar surface area (TPSA) is 90.0 Å². The Morgan fingerprint density at radius 2 is 2.38 bits per heavy atom. The zero-order valence-corrected chi connectivity index (χ0v) is 9.09. The monoisotopic (exact) mass is 225 g/mol. The summed E-state index contributed by atoms with van der Waals surface area (Å²) in [6.07, 6.45) is 2.34. The molecule has 0 saturated carbocycles. The van der Waals surface area contributed by atoms with Crippen molar-refractivity contribution in [2.75, 3.05) is 20.3 Å². The molecule has 0 fully saturated rings. The fraction of sp³-hybridized carbons (Fsp3) is 0.400. The van der Waals surface area contributed by atoms with Gasteiger partial charge in [0.05, 0.1) is 12.2 Å². The van der Waals surface area contributed by atoms with Crippen LogP contribution in [0.2, 0.25) is 0 Å². The predicted octanol–water partition coefficient (Wildman–Crippen LogP) is 0.591. The largest absolute Gasteiger partial charge is 0.477 e. The van der Waals surface area contributed by atoms with E-state index in [0.717, 1.165) is 6.42 Å². The lowest BCUT2D eigenvalue weighted by Crippen LogP contribution is -2.16. The molecule has 0 bridgehead atoms. The van der Waals surface area contributed by atoms with Gasteiger partial charge in [0.1, 0.15) is 0 Å². The first-order valence-electron chi connectivity index (χ1n) is 4.84. The molecule has 3 N–H and O–H groups in total. The second-order valence-electron chi connectivity index (χ2n) is 3.04. The number of oxime groups is 1. The Hall–Kier alpha value is -1.82. The van der Waals surface area contributed by atoms with Crippen molar-refractivity contribution in [1.29, 1.82) is 0 Å². The molecule has 1 aromatic rings. The molecule has 0 atom stereocenters. The molecule has 16 heavy (non-hydrogen) atoms. The summed E-state index contributed by atoms with van der Waals surface area (Å²) in [5.74, 6) is 0.337. The molecule has 1 heterocycles. The van der Waals surface area contributed by atoms with E-state index in [2.05, 4.69) is 10.1 Å². The van der Waals surface area contributed by atoms with Crippen molar-refractivity contribution in [3.63, 3.8) is 0 Å². The molecule has 6 heteroatoms. The van der Waals surface area contributed by atoms with Gasteiger partial charge >= 0.3 is 0 Å². The Labute approximate surface area is 93.7 Å². The minimum atomic E-state index is -0.0187. The van der Waals surface area contributed by atoms with Crippen LogP contribution in [0.15, 0.2) is 23.5 Å². The van der Waals surface area contributed by atoms with Crippen molar-refractivity contribution in [2.45, 2.75) is 6.42 Å². The summed E-state index contributed by atoms with van der Waals surface area (Å²) in [5.41, 5.74) is 5.96. The van der Waals surface area contributed by atoms with Crippen LogP contribution in [-0.2, 0) is 4.74 Å². The normalized spacial score (nSPS) is 11.4. The number of ether oxygens (including phenoxy) is 2. The highest BCUT2D eigenvalue weighted by Crippen LogP contribution is 2.13. The molecule has 0 amide bonds. The standard InChI is InChI=1S/C10H15N3O3/c1-15-6-3-7-16-10-8(9(11)13-14)4-2-5-12-10/h2,4-5,14H,3,6-7H2,1H3,(H2,11,13). The molecule has 1 rings (SSSR count). The van der Waals surface area contributed by atoms with Gasteiger partial charge in [-0.1, -0.05) is 5.16 Å². The fourth-order valence-electron chi connectivity index (χ4n) is 1.13. The van der Waals surface area contributed by atoms with E-state index in [9.17, 15) is 0 Å². The van der Waals surface area contributed by atoms with Crippen LogP contribution < -0.4 is 10.5 Å². The van der Waals surface area contributed by atoms with E-state index in [1.54, 1.807) is 25.4 Å². The maximum absolute atomic E-state index is 8.58. The first-order chi connectivity index (χ1) is 7.79. The molecule has 0 aromatic carbocycles. The van der Waals surface area contributed by atoms with E-state index in [1.165, 1.54) is 0 Å². The summed E-state index contributed by atoms with van der Waals surface area (Å²) < 4.78 is 10.3. The summed E-state index contributed by atoms with van der Waals surface area (Å²) in [7, 11) is 1.63. The quantitative estimate of drug-likeness (QED) is 0.243. The Bertz CT molecular complexity index is 355. The molecule has 0 saturated heterocycles. The van der Waals surface area contributed by atoms with Gasteiger partial charge < -0.3 is 20.4 Å². The summed E-state index contributed by atoms with van der Waals surface area (Å²) in [6.45, 7) is 1.09. The van der Waals surface area contributed by atoms with Crippen LogP contribution in [0, 0.1) is 0 Å². The third-order valence-electron chi connectivity index (χ3n) is 1.89. The van der Waals surface area contributed by atoms with Crippen LogP contribution in [0.3, 0.4) is 0 Å². The second kappa shape index (κ2) is 6.62. The molecular formula is C10H15N3O3. The number of amidine groups is 1. The molecule has 0 unspecified atom stereocenters. The van der Waals surface area contributed by atoms with Crippen molar-refractivity contribution in [3.05, 3.63) is 23.9 Å². The van der Waals surface area contributed by atoms with Crippen LogP contribution in [0.25, 0.3) is 0 Å². The molecule has 0 aliphatic rings. The minimum Gasteiger partial charge on any atom is -0.477 e. The van der Waals surface area contributed by atoms with E-state index in [-0.39, 0.29) is 5.84 Å². The summed E-state index contributed by atoms with van der Waals surface area (Å²) in [4.78, 5) is 4.01. The van der Waals surface area contributed by atoms with Crippen LogP contribution in [0.1, 0.15) is 12.0 Å². The van der Waals surface area contributed by atoms with Gasteiger partial charge in [0.15, 0.2) is 5.84 Å². The third kappa shape index (κ3) is 3.39. The van der Waals surface area contributed by atoms with E-state index >= 15 is 0 Å². The van der Waals surface area contributed by atoms with E-state index in [4.69, 9.17) is 20.4 Å². The zero-order chi connectivity index (χ0) is 11.8. The number of pyridine rings is 1. The highest BCUT2D eigenvalue weighted by molar-refractivity contribution is 5.98. The molecular weight excluding hydrogens is 210 g/mol. The zero-order valence-electron chi connectivity index (χ0n) is 9.09. The number of hydrogen-bond acceptors (Lipinski definition) is 5.